The average Bonchev–Trinajstić information content (AvgIpc) is 2.42. The molecular formula is C13H18N4O3. The number of anilines is 1. The molecule has 0 aliphatic heterocycles. The molecule has 0 radical (unpaired) electrons. The van der Waals surface area contributed by atoms with Gasteiger partial charge in [0.15, 0.2) is 5.43 Å². The number of amides is 2. The molecule has 0 saturated carbocycles. The maximum Gasteiger partial charge on any atom is 0.320 e. The minimum absolute atomic E-state index is 0.168. The molecule has 0 unspecified atom stereocenters. The van der Waals surface area contributed by atoms with Crippen molar-refractivity contribution in [2.45, 2.75) is 25.7 Å². The van der Waals surface area contributed by atoms with E-state index in [1.807, 2.05) is 0 Å². The topological polar surface area (TPSA) is 107 Å². The molecule has 0 fully saturated rings. The van der Waals surface area contributed by atoms with Crippen LogP contribution in [0.3, 0.4) is 0 Å². The highest BCUT2D eigenvalue weighted by molar-refractivity contribution is 5.88. The summed E-state index contributed by atoms with van der Waals surface area (Å²) in [4.78, 5) is 25.3. The van der Waals surface area contributed by atoms with Crippen LogP contribution in [-0.2, 0) is 4.74 Å². The van der Waals surface area contributed by atoms with Crippen molar-refractivity contribution in [3.63, 3.8) is 0 Å². The molecule has 1 aromatic rings. The molecule has 1 rings (SSSR count). The molecular weight excluding hydrogens is 260 g/mol. The SMILES string of the molecule is N#COCCCCCCNC(=O)Nc1cc(=O)cc[nH]1. The highest BCUT2D eigenvalue weighted by Crippen LogP contribution is 1.99. The second kappa shape index (κ2) is 9.44. The number of H-pyrrole nitrogens is 1. The van der Waals surface area contributed by atoms with Crippen LogP contribution >= 0.6 is 0 Å². The monoisotopic (exact) mass is 278 g/mol. The lowest BCUT2D eigenvalue weighted by Crippen LogP contribution is -2.30. The Morgan fingerprint density at radius 1 is 1.35 bits per heavy atom. The van der Waals surface area contributed by atoms with Gasteiger partial charge in [-0.05, 0) is 19.3 Å². The number of carbonyl (C=O) groups is 1. The number of aromatic nitrogens is 1. The molecule has 0 atom stereocenters. The van der Waals surface area contributed by atoms with Gasteiger partial charge in [0, 0.05) is 24.9 Å². The van der Waals surface area contributed by atoms with E-state index >= 15 is 0 Å². The highest BCUT2D eigenvalue weighted by atomic mass is 16.5. The van der Waals surface area contributed by atoms with E-state index in [0.717, 1.165) is 25.7 Å². The van der Waals surface area contributed by atoms with Crippen molar-refractivity contribution >= 4 is 11.8 Å². The third-order valence-corrected chi connectivity index (χ3v) is 2.54. The van der Waals surface area contributed by atoms with Crippen molar-refractivity contribution in [3.8, 4) is 6.26 Å². The Hall–Kier alpha value is -2.49. The molecule has 0 bridgehead atoms. The van der Waals surface area contributed by atoms with Crippen molar-refractivity contribution < 1.29 is 9.53 Å². The van der Waals surface area contributed by atoms with Gasteiger partial charge in [-0.1, -0.05) is 6.42 Å². The lowest BCUT2D eigenvalue weighted by atomic mass is 10.2. The molecule has 0 saturated heterocycles. The summed E-state index contributed by atoms with van der Waals surface area (Å²) in [5.74, 6) is 0.364. The van der Waals surface area contributed by atoms with Gasteiger partial charge in [-0.2, -0.15) is 5.26 Å². The third kappa shape index (κ3) is 7.06. The largest absolute Gasteiger partial charge is 0.428 e. The molecule has 7 nitrogen and oxygen atoms in total. The number of carbonyl (C=O) groups excluding carboxylic acids is 1. The minimum Gasteiger partial charge on any atom is -0.428 e. The van der Waals surface area contributed by atoms with E-state index in [0.29, 0.717) is 19.0 Å². The average molecular weight is 278 g/mol. The number of hydrogen-bond acceptors (Lipinski definition) is 4. The molecule has 1 aromatic heterocycles. The minimum atomic E-state index is -0.348. The first kappa shape index (κ1) is 15.6. The summed E-state index contributed by atoms with van der Waals surface area (Å²) in [5.41, 5.74) is -0.168. The van der Waals surface area contributed by atoms with Crippen molar-refractivity contribution in [1.82, 2.24) is 10.3 Å². The Balaban J connectivity index is 2.06. The van der Waals surface area contributed by atoms with Gasteiger partial charge < -0.3 is 15.0 Å². The number of urea groups is 1. The van der Waals surface area contributed by atoms with Crippen molar-refractivity contribution in [2.75, 3.05) is 18.5 Å². The zero-order valence-electron chi connectivity index (χ0n) is 11.1. The van der Waals surface area contributed by atoms with Crippen LogP contribution in [-0.4, -0.2) is 24.2 Å². The van der Waals surface area contributed by atoms with E-state index in [4.69, 9.17) is 5.26 Å². The van der Waals surface area contributed by atoms with Crippen LogP contribution in [0.2, 0.25) is 0 Å². The molecule has 7 heteroatoms. The van der Waals surface area contributed by atoms with Gasteiger partial charge in [-0.3, -0.25) is 10.1 Å². The number of rotatable bonds is 8. The van der Waals surface area contributed by atoms with Crippen LogP contribution in [0.25, 0.3) is 0 Å². The quantitative estimate of drug-likeness (QED) is 0.495. The second-order valence-corrected chi connectivity index (χ2v) is 4.17. The van der Waals surface area contributed by atoms with Gasteiger partial charge in [-0.25, -0.2) is 4.79 Å². The predicted molar refractivity (Wildman–Crippen MR) is 74.1 cm³/mol. The Bertz CT molecular complexity index is 507. The summed E-state index contributed by atoms with van der Waals surface area (Å²) in [6.45, 7) is 1.01. The van der Waals surface area contributed by atoms with Gasteiger partial charge in [-0.15, -0.1) is 0 Å². The van der Waals surface area contributed by atoms with Crippen LogP contribution in [0.5, 0.6) is 0 Å². The van der Waals surface area contributed by atoms with Gasteiger partial charge in [0.2, 0.25) is 0 Å². The standard InChI is InChI=1S/C13H18N4O3/c14-10-20-8-4-2-1-3-6-16-13(19)17-12-9-11(18)5-7-15-12/h5,7,9H,1-4,6,8H2,(H3,15,16,17,18,19). The number of ether oxygens (including phenoxy) is 1. The lowest BCUT2D eigenvalue weighted by Gasteiger charge is -2.07. The van der Waals surface area contributed by atoms with Crippen LogP contribution in [0, 0.1) is 11.5 Å². The fraction of sp³-hybridized carbons (Fsp3) is 0.462. The summed E-state index contributed by atoms with van der Waals surface area (Å²) in [7, 11) is 0. The number of hydrogen-bond donors (Lipinski definition) is 3. The van der Waals surface area contributed by atoms with Crippen LogP contribution in [0.1, 0.15) is 25.7 Å². The maximum absolute atomic E-state index is 11.5. The van der Waals surface area contributed by atoms with E-state index < -0.39 is 0 Å². The van der Waals surface area contributed by atoms with Crippen molar-refractivity contribution in [2.24, 2.45) is 0 Å². The Morgan fingerprint density at radius 2 is 2.15 bits per heavy atom. The zero-order chi connectivity index (χ0) is 14.6. The molecule has 0 aliphatic rings. The van der Waals surface area contributed by atoms with Gasteiger partial charge in [0.05, 0.1) is 0 Å². The molecule has 0 aliphatic carbocycles. The first-order chi connectivity index (χ1) is 9.72. The molecule has 108 valence electrons. The van der Waals surface area contributed by atoms with Crippen LogP contribution in [0.4, 0.5) is 10.6 Å². The molecule has 1 heterocycles. The van der Waals surface area contributed by atoms with Crippen molar-refractivity contribution in [1.29, 1.82) is 5.26 Å². The number of nitrogens with one attached hydrogen (secondary N) is 3. The summed E-state index contributed by atoms with van der Waals surface area (Å²) in [6, 6.07) is 2.34. The maximum atomic E-state index is 11.5. The summed E-state index contributed by atoms with van der Waals surface area (Å²) < 4.78 is 4.55. The van der Waals surface area contributed by atoms with Gasteiger partial charge in [0.25, 0.3) is 6.26 Å². The predicted octanol–water partition coefficient (Wildman–Crippen LogP) is 1.55. The Morgan fingerprint density at radius 3 is 2.90 bits per heavy atom. The second-order valence-electron chi connectivity index (χ2n) is 4.17. The van der Waals surface area contributed by atoms with E-state index in [-0.39, 0.29) is 11.5 Å². The third-order valence-electron chi connectivity index (χ3n) is 2.54. The Kier molecular flexibility index (Phi) is 7.35. The molecule has 2 amide bonds. The van der Waals surface area contributed by atoms with Gasteiger partial charge in [0.1, 0.15) is 12.4 Å². The first-order valence-corrected chi connectivity index (χ1v) is 6.47. The van der Waals surface area contributed by atoms with Crippen molar-refractivity contribution in [3.05, 3.63) is 28.6 Å². The zero-order valence-corrected chi connectivity index (χ0v) is 11.1. The number of pyridine rings is 1. The van der Waals surface area contributed by atoms with E-state index in [2.05, 4.69) is 20.4 Å². The van der Waals surface area contributed by atoms with Crippen LogP contribution < -0.4 is 16.1 Å². The fourth-order valence-corrected chi connectivity index (χ4v) is 1.58. The number of aromatic amines is 1. The highest BCUT2D eigenvalue weighted by Gasteiger charge is 2.01. The number of nitriles is 1. The van der Waals surface area contributed by atoms with Gasteiger partial charge >= 0.3 is 6.03 Å². The van der Waals surface area contributed by atoms with E-state index in [9.17, 15) is 9.59 Å². The summed E-state index contributed by atoms with van der Waals surface area (Å²) in [5, 5.41) is 13.4. The summed E-state index contributed by atoms with van der Waals surface area (Å²) in [6.07, 6.45) is 6.70. The van der Waals surface area contributed by atoms with E-state index in [1.54, 1.807) is 6.26 Å². The fourth-order valence-electron chi connectivity index (χ4n) is 1.58. The summed E-state index contributed by atoms with van der Waals surface area (Å²) >= 11 is 0. The lowest BCUT2D eigenvalue weighted by molar-refractivity contribution is 0.251. The van der Waals surface area contributed by atoms with Crippen LogP contribution in [0.15, 0.2) is 23.1 Å². The number of nitrogens with zero attached hydrogens (tertiary/aromatic N) is 1. The normalized spacial score (nSPS) is 9.55. The Labute approximate surface area is 116 Å². The van der Waals surface area contributed by atoms with E-state index in [1.165, 1.54) is 18.3 Å². The number of unbranched alkanes of at least 4 members (excludes halogenated alkanes) is 3. The molecule has 0 spiro atoms. The molecule has 20 heavy (non-hydrogen) atoms. The first-order valence-electron chi connectivity index (χ1n) is 6.47. The molecule has 3 N–H and O–H groups in total. The molecule has 0 aromatic carbocycles. The smallest absolute Gasteiger partial charge is 0.320 e.